The minimum atomic E-state index is -2.62. The molecular formula is C115H217O12P3. The molecule has 0 aromatic heterocycles. The minimum Gasteiger partial charge on any atom is -0.508 e. The Labute approximate surface area is 809 Å². The van der Waals surface area contributed by atoms with Crippen LogP contribution in [0, 0.1) is 32.1 Å². The molecule has 130 heavy (non-hydrogen) atoms. The number of phenolic OH excluding ortho intramolecular Hbond substituents is 3. The fourth-order valence-electron chi connectivity index (χ4n) is 22.3. The van der Waals surface area contributed by atoms with E-state index in [0.717, 1.165) is 48.8 Å². The molecule has 0 saturated heterocycles. The van der Waals surface area contributed by atoms with Crippen molar-refractivity contribution in [3.8, 4) is 17.2 Å². The molecule has 0 amide bonds. The van der Waals surface area contributed by atoms with Gasteiger partial charge in [0.25, 0.3) is 0 Å². The summed E-state index contributed by atoms with van der Waals surface area (Å²) < 4.78 is 0. The number of aryl methyl sites for hydroxylation is 3. The molecule has 3 aromatic carbocycles. The Morgan fingerprint density at radius 2 is 0.369 bits per heavy atom. The Balaban J connectivity index is 0.0000130. The summed E-state index contributed by atoms with van der Waals surface area (Å²) in [7, 11) is -7.86. The van der Waals surface area contributed by atoms with E-state index in [0.29, 0.717) is 23.2 Å². The van der Waals surface area contributed by atoms with Crippen molar-refractivity contribution in [1.29, 1.82) is 0 Å². The smallest absolute Gasteiger partial charge is 0.324 e. The first kappa shape index (κ1) is 128. The summed E-state index contributed by atoms with van der Waals surface area (Å²) in [5.74, 6) is 1.74. The van der Waals surface area contributed by atoms with Crippen LogP contribution >= 0.6 is 25.8 Å². The van der Waals surface area contributed by atoms with Crippen molar-refractivity contribution in [2.24, 2.45) is 11.3 Å². The predicted molar refractivity (Wildman–Crippen MR) is 570 cm³/mol. The van der Waals surface area contributed by atoms with E-state index in [9.17, 15) is 15.3 Å². The molecule has 3 aromatic rings. The van der Waals surface area contributed by atoms with Crippen LogP contribution in [0.3, 0.4) is 0 Å². The molecule has 0 bridgehead atoms. The second kappa shape index (κ2) is 78.8. The van der Waals surface area contributed by atoms with Crippen molar-refractivity contribution >= 4 is 25.8 Å². The molecule has 0 radical (unpaired) electrons. The average molecular weight is 1880 g/mol. The number of rotatable bonds is 78. The quantitative estimate of drug-likeness (QED) is 0.0187. The van der Waals surface area contributed by atoms with E-state index in [4.69, 9.17) is 44.0 Å². The molecule has 0 spiro atoms. The monoisotopic (exact) mass is 1880 g/mol. The molecule has 15 heteroatoms. The van der Waals surface area contributed by atoms with Crippen LogP contribution < -0.4 is 0 Å². The van der Waals surface area contributed by atoms with Crippen LogP contribution in [0.15, 0.2) is 36.4 Å². The highest BCUT2D eigenvalue weighted by Gasteiger charge is 2.66. The number of benzene rings is 3. The van der Waals surface area contributed by atoms with E-state index in [2.05, 4.69) is 161 Å². The van der Waals surface area contributed by atoms with E-state index in [-0.39, 0.29) is 27.1 Å². The molecule has 0 heterocycles. The van der Waals surface area contributed by atoms with Crippen molar-refractivity contribution in [1.82, 2.24) is 0 Å². The van der Waals surface area contributed by atoms with Gasteiger partial charge in [-0.2, -0.15) is 0 Å². The first-order valence-corrected chi connectivity index (χ1v) is 58.8. The summed E-state index contributed by atoms with van der Waals surface area (Å²) >= 11 is 0. The van der Waals surface area contributed by atoms with Crippen molar-refractivity contribution in [3.05, 3.63) is 86.5 Å². The highest BCUT2D eigenvalue weighted by atomic mass is 31.2. The van der Waals surface area contributed by atoms with Gasteiger partial charge in [0, 0.05) is 10.8 Å². The fraction of sp³-hybridized carbons (Fsp3) is 0.843. The predicted octanol–water partition coefficient (Wildman–Crippen LogP) is 37.2. The third-order valence-electron chi connectivity index (χ3n) is 29.3. The van der Waals surface area contributed by atoms with Gasteiger partial charge in [-0.15, -0.1) is 0 Å². The van der Waals surface area contributed by atoms with E-state index < -0.39 is 31.2 Å². The van der Waals surface area contributed by atoms with Gasteiger partial charge >= 0.3 is 25.8 Å². The maximum absolute atomic E-state index is 13.1. The van der Waals surface area contributed by atoms with Crippen LogP contribution in [-0.2, 0) is 27.1 Å². The Morgan fingerprint density at radius 3 is 0.569 bits per heavy atom. The van der Waals surface area contributed by atoms with Crippen LogP contribution in [0.1, 0.15) is 616 Å². The summed E-state index contributed by atoms with van der Waals surface area (Å²) in [6.45, 7) is 43.0. The lowest BCUT2D eigenvalue weighted by Crippen LogP contribution is -2.63. The lowest BCUT2D eigenvalue weighted by molar-refractivity contribution is -0.0508. The summed E-state index contributed by atoms with van der Waals surface area (Å²) in [5.41, 5.74) is 9.31. The lowest BCUT2D eigenvalue weighted by Gasteiger charge is -2.66. The number of aromatic hydroxyl groups is 3. The molecule has 0 fully saturated rings. The van der Waals surface area contributed by atoms with Crippen LogP contribution in [0.25, 0.3) is 0 Å². The van der Waals surface area contributed by atoms with E-state index in [1.165, 1.54) is 458 Å². The second-order valence-electron chi connectivity index (χ2n) is 43.6. The summed E-state index contributed by atoms with van der Waals surface area (Å²) in [4.78, 5) is 65.1. The highest BCUT2D eigenvalue weighted by molar-refractivity contribution is 7.38. The standard InChI is InChI=1S/C115H208O3.3H3O3P/c1-19-25-31-37-43-49-55-61-67-73-79-85-100(86-80-74-68-62-56-50-44-38-32-26-20-2)114(89-83-77-71-65-59-53-47-41-35-29-23-5,101-94-104(110(10,11)12)107(116)91-97(101)7)113(87-81-75-69-63-57-51-45-39-33-27-21-3,88-82-76-70-64-58-52-46-40-34-28-22-4)115(90-84-78-72-66-60-54-48-42-36-30-24-6,102-95-105(111(13,14)15)108(117)92-98(102)8)103-96-106(112(16,17)18)109(118)93-99(103)9;3*1-4(2)3/h91-96,100,116-118H,19-90H2,1-18H3;3*1-3H. The normalized spacial score (nSPS) is 12.8. The Kier molecular flexibility index (Phi) is 77.5. The summed E-state index contributed by atoms with van der Waals surface area (Å²) in [6.07, 6.45) is 94.6. The van der Waals surface area contributed by atoms with Crippen LogP contribution in [0.2, 0.25) is 0 Å². The van der Waals surface area contributed by atoms with Gasteiger partial charge in [0.15, 0.2) is 0 Å². The Hall–Kier alpha value is -2.01. The van der Waals surface area contributed by atoms with Gasteiger partial charge in [-0.05, 0) is 155 Å². The first-order valence-electron chi connectivity index (χ1n) is 55.2. The average Bonchev–Trinajstić information content (AvgIpc) is 0.673. The van der Waals surface area contributed by atoms with Gasteiger partial charge < -0.3 is 59.4 Å². The highest BCUT2D eigenvalue weighted by Crippen LogP contribution is 2.71. The molecule has 1 atom stereocenters. The molecule has 764 valence electrons. The third-order valence-corrected chi connectivity index (χ3v) is 29.3. The van der Waals surface area contributed by atoms with E-state index in [1.807, 2.05) is 0 Å². The fourth-order valence-corrected chi connectivity index (χ4v) is 22.3. The molecule has 12 nitrogen and oxygen atoms in total. The molecule has 0 aliphatic heterocycles. The van der Waals surface area contributed by atoms with Crippen LogP contribution in [0.4, 0.5) is 0 Å². The van der Waals surface area contributed by atoms with Crippen LogP contribution in [0.5, 0.6) is 17.2 Å². The number of hydrogen-bond donors (Lipinski definition) is 12. The van der Waals surface area contributed by atoms with Crippen molar-refractivity contribution in [3.63, 3.8) is 0 Å². The molecule has 0 saturated carbocycles. The molecule has 1 unspecified atom stereocenters. The zero-order chi connectivity index (χ0) is 97.4. The Bertz CT molecular complexity index is 2950. The minimum absolute atomic E-state index is 0.304. The third kappa shape index (κ3) is 55.7. The number of hydrogen-bond acceptors (Lipinski definition) is 12. The molecule has 12 N–H and O–H groups in total. The molecule has 3 rings (SSSR count). The van der Waals surface area contributed by atoms with Crippen LogP contribution in [-0.4, -0.2) is 59.4 Å². The van der Waals surface area contributed by atoms with Gasteiger partial charge in [-0.1, -0.05) is 546 Å². The van der Waals surface area contributed by atoms with Gasteiger partial charge in [0.2, 0.25) is 0 Å². The summed E-state index contributed by atoms with van der Waals surface area (Å²) in [6, 6.07) is 15.0. The molecular weight excluding hydrogens is 1670 g/mol. The van der Waals surface area contributed by atoms with Gasteiger partial charge in [0.1, 0.15) is 17.2 Å². The maximum atomic E-state index is 13.1. The van der Waals surface area contributed by atoms with Gasteiger partial charge in [-0.25, -0.2) is 0 Å². The lowest BCUT2D eigenvalue weighted by atomic mass is 9.37. The first-order chi connectivity index (χ1) is 62.1. The zero-order valence-electron chi connectivity index (χ0n) is 88.7. The largest absolute Gasteiger partial charge is 0.508 e. The molecule has 0 aliphatic carbocycles. The van der Waals surface area contributed by atoms with Gasteiger partial charge in [-0.3, -0.25) is 0 Å². The van der Waals surface area contributed by atoms with E-state index in [1.54, 1.807) is 5.56 Å². The zero-order valence-corrected chi connectivity index (χ0v) is 91.3. The number of unbranched alkanes of at least 4 members (excludes halogenated alkanes) is 60. The second-order valence-corrected chi connectivity index (χ2v) is 45.2. The van der Waals surface area contributed by atoms with Crippen molar-refractivity contribution in [2.45, 2.75) is 614 Å². The maximum Gasteiger partial charge on any atom is 0.324 e. The van der Waals surface area contributed by atoms with Crippen molar-refractivity contribution in [2.75, 3.05) is 0 Å². The molecule has 0 aliphatic rings. The number of phenols is 3. The SMILES string of the molecule is CCCCCCCCCCCCCC(CCCCCCCCCCCCC)C(CCCCCCCCCCCCC)(c1cc(C(C)(C)C)c(O)cc1C)C(CCCCCCCCCCCCC)(CCCCCCCCCCCCC)C(CCCCCCCCCCCCC)(c1cc(C(C)(C)C)c(O)cc1C)c1cc(C(C)(C)C)c(O)cc1C.OP(O)O.OP(O)O.OP(O)O. The van der Waals surface area contributed by atoms with Gasteiger partial charge in [0.05, 0.1) is 0 Å². The van der Waals surface area contributed by atoms with Crippen molar-refractivity contribution < 1.29 is 59.4 Å². The Morgan fingerprint density at radius 1 is 0.208 bits per heavy atom. The summed E-state index contributed by atoms with van der Waals surface area (Å²) in [5, 5.41) is 39.1. The van der Waals surface area contributed by atoms with E-state index >= 15 is 0 Å². The topological polar surface area (TPSA) is 243 Å².